The van der Waals surface area contributed by atoms with Gasteiger partial charge in [-0.25, -0.2) is 4.39 Å². The zero-order valence-corrected chi connectivity index (χ0v) is 8.25. The number of rotatable bonds is 2. The predicted molar refractivity (Wildman–Crippen MR) is 55.8 cm³/mol. The molecule has 0 amide bonds. The van der Waals surface area contributed by atoms with Crippen molar-refractivity contribution in [3.8, 4) is 0 Å². The standard InChI is InChI=1S/C12H16FN/c13-12(7-6-11(14)9-12)8-10-4-2-1-3-5-10/h1-5,11H,6-9,14H2. The fourth-order valence-electron chi connectivity index (χ4n) is 2.24. The molecule has 0 heterocycles. The maximum absolute atomic E-state index is 14.2. The quantitative estimate of drug-likeness (QED) is 0.767. The molecule has 1 saturated carbocycles. The molecule has 0 aromatic heterocycles. The molecule has 0 aliphatic heterocycles. The number of benzene rings is 1. The Labute approximate surface area is 84.1 Å². The van der Waals surface area contributed by atoms with Crippen molar-refractivity contribution in [3.05, 3.63) is 35.9 Å². The van der Waals surface area contributed by atoms with Gasteiger partial charge in [0.2, 0.25) is 0 Å². The molecule has 2 heteroatoms. The van der Waals surface area contributed by atoms with Gasteiger partial charge in [-0.05, 0) is 24.8 Å². The van der Waals surface area contributed by atoms with Crippen LogP contribution in [0.5, 0.6) is 0 Å². The molecule has 0 saturated heterocycles. The van der Waals surface area contributed by atoms with Gasteiger partial charge in [0.1, 0.15) is 5.67 Å². The van der Waals surface area contributed by atoms with Crippen LogP contribution in [-0.4, -0.2) is 11.7 Å². The first-order valence-electron chi connectivity index (χ1n) is 5.16. The number of hydrogen-bond acceptors (Lipinski definition) is 1. The van der Waals surface area contributed by atoms with E-state index in [1.165, 1.54) is 0 Å². The molecule has 1 aromatic carbocycles. The Hall–Kier alpha value is -0.890. The van der Waals surface area contributed by atoms with E-state index in [-0.39, 0.29) is 6.04 Å². The maximum Gasteiger partial charge on any atom is 0.116 e. The van der Waals surface area contributed by atoms with Crippen LogP contribution in [0.15, 0.2) is 30.3 Å². The summed E-state index contributed by atoms with van der Waals surface area (Å²) in [6.45, 7) is 0. The summed E-state index contributed by atoms with van der Waals surface area (Å²) in [7, 11) is 0. The Morgan fingerprint density at radius 3 is 2.64 bits per heavy atom. The largest absolute Gasteiger partial charge is 0.328 e. The number of alkyl halides is 1. The molecule has 14 heavy (non-hydrogen) atoms. The second kappa shape index (κ2) is 3.70. The van der Waals surface area contributed by atoms with Crippen molar-refractivity contribution in [2.75, 3.05) is 0 Å². The molecule has 2 N–H and O–H groups in total. The van der Waals surface area contributed by atoms with Gasteiger partial charge in [-0.3, -0.25) is 0 Å². The van der Waals surface area contributed by atoms with E-state index >= 15 is 0 Å². The molecule has 0 radical (unpaired) electrons. The van der Waals surface area contributed by atoms with Gasteiger partial charge in [-0.1, -0.05) is 30.3 Å². The highest BCUT2D eigenvalue weighted by Crippen LogP contribution is 2.35. The first-order valence-corrected chi connectivity index (χ1v) is 5.16. The average molecular weight is 193 g/mol. The maximum atomic E-state index is 14.2. The highest BCUT2D eigenvalue weighted by molar-refractivity contribution is 5.18. The number of hydrogen-bond donors (Lipinski definition) is 1. The van der Waals surface area contributed by atoms with Crippen molar-refractivity contribution in [2.45, 2.75) is 37.4 Å². The molecular weight excluding hydrogens is 177 g/mol. The van der Waals surface area contributed by atoms with Crippen LogP contribution in [0.2, 0.25) is 0 Å². The van der Waals surface area contributed by atoms with E-state index in [9.17, 15) is 4.39 Å². The van der Waals surface area contributed by atoms with Gasteiger partial charge in [0.05, 0.1) is 0 Å². The van der Waals surface area contributed by atoms with Gasteiger partial charge in [0.15, 0.2) is 0 Å². The Morgan fingerprint density at radius 2 is 2.07 bits per heavy atom. The Balaban J connectivity index is 2.04. The highest BCUT2D eigenvalue weighted by Gasteiger charge is 2.37. The number of nitrogens with two attached hydrogens (primary N) is 1. The van der Waals surface area contributed by atoms with E-state index in [4.69, 9.17) is 5.73 Å². The van der Waals surface area contributed by atoms with Gasteiger partial charge in [-0.15, -0.1) is 0 Å². The van der Waals surface area contributed by atoms with Gasteiger partial charge in [0.25, 0.3) is 0 Å². The third kappa shape index (κ3) is 2.13. The molecule has 76 valence electrons. The normalized spacial score (nSPS) is 32.0. The van der Waals surface area contributed by atoms with Crippen LogP contribution in [-0.2, 0) is 6.42 Å². The molecule has 1 fully saturated rings. The summed E-state index contributed by atoms with van der Waals surface area (Å²) in [6, 6.07) is 9.87. The van der Waals surface area contributed by atoms with Gasteiger partial charge < -0.3 is 5.73 Å². The van der Waals surface area contributed by atoms with E-state index in [1.807, 2.05) is 30.3 Å². The van der Waals surface area contributed by atoms with E-state index in [1.54, 1.807) is 0 Å². The zero-order valence-electron chi connectivity index (χ0n) is 8.25. The van der Waals surface area contributed by atoms with Crippen LogP contribution in [0.25, 0.3) is 0 Å². The van der Waals surface area contributed by atoms with Crippen molar-refractivity contribution >= 4 is 0 Å². The van der Waals surface area contributed by atoms with Gasteiger partial charge in [-0.2, -0.15) is 0 Å². The van der Waals surface area contributed by atoms with E-state index in [0.717, 1.165) is 12.0 Å². The molecule has 0 spiro atoms. The summed E-state index contributed by atoms with van der Waals surface area (Å²) in [5.41, 5.74) is 5.74. The molecule has 2 atom stereocenters. The highest BCUT2D eigenvalue weighted by atomic mass is 19.1. The lowest BCUT2D eigenvalue weighted by Gasteiger charge is -2.19. The molecule has 1 aliphatic carbocycles. The third-order valence-corrected chi connectivity index (χ3v) is 2.95. The third-order valence-electron chi connectivity index (χ3n) is 2.95. The fraction of sp³-hybridized carbons (Fsp3) is 0.500. The van der Waals surface area contributed by atoms with Crippen LogP contribution in [0.1, 0.15) is 24.8 Å². The lowest BCUT2D eigenvalue weighted by molar-refractivity contribution is 0.170. The lowest BCUT2D eigenvalue weighted by atomic mass is 9.95. The van der Waals surface area contributed by atoms with Crippen LogP contribution in [0, 0.1) is 0 Å². The summed E-state index contributed by atoms with van der Waals surface area (Å²) in [6.07, 6.45) is 2.47. The van der Waals surface area contributed by atoms with Crippen molar-refractivity contribution in [1.82, 2.24) is 0 Å². The molecule has 1 nitrogen and oxygen atoms in total. The summed E-state index contributed by atoms with van der Waals surface area (Å²) < 4.78 is 14.2. The molecule has 2 unspecified atom stereocenters. The zero-order chi connectivity index (χ0) is 10.0. The molecule has 0 bridgehead atoms. The van der Waals surface area contributed by atoms with Crippen LogP contribution >= 0.6 is 0 Å². The number of halogens is 1. The summed E-state index contributed by atoms with van der Waals surface area (Å²) in [5.74, 6) is 0. The molecule has 1 aromatic rings. The minimum atomic E-state index is -1.05. The summed E-state index contributed by atoms with van der Waals surface area (Å²) in [4.78, 5) is 0. The minimum absolute atomic E-state index is 0.0590. The second-order valence-corrected chi connectivity index (χ2v) is 4.32. The van der Waals surface area contributed by atoms with E-state index in [2.05, 4.69) is 0 Å². The van der Waals surface area contributed by atoms with Crippen molar-refractivity contribution in [2.24, 2.45) is 5.73 Å². The first kappa shape index (κ1) is 9.66. The van der Waals surface area contributed by atoms with Gasteiger partial charge >= 0.3 is 0 Å². The van der Waals surface area contributed by atoms with Crippen molar-refractivity contribution in [3.63, 3.8) is 0 Å². The fourth-order valence-corrected chi connectivity index (χ4v) is 2.24. The Kier molecular flexibility index (Phi) is 2.55. The predicted octanol–water partition coefficient (Wildman–Crippen LogP) is 2.45. The average Bonchev–Trinajstić information content (AvgIpc) is 2.47. The molecule has 1 aliphatic rings. The summed E-state index contributed by atoms with van der Waals surface area (Å²) in [5, 5.41) is 0. The summed E-state index contributed by atoms with van der Waals surface area (Å²) >= 11 is 0. The SMILES string of the molecule is NC1CCC(F)(Cc2ccccc2)C1. The van der Waals surface area contributed by atoms with Crippen LogP contribution < -0.4 is 5.73 Å². The van der Waals surface area contributed by atoms with E-state index in [0.29, 0.717) is 19.3 Å². The molecular formula is C12H16FN. The monoisotopic (exact) mass is 193 g/mol. The van der Waals surface area contributed by atoms with E-state index < -0.39 is 5.67 Å². The topological polar surface area (TPSA) is 26.0 Å². The van der Waals surface area contributed by atoms with Crippen molar-refractivity contribution < 1.29 is 4.39 Å². The Morgan fingerprint density at radius 1 is 1.36 bits per heavy atom. The minimum Gasteiger partial charge on any atom is -0.328 e. The van der Waals surface area contributed by atoms with Crippen LogP contribution in [0.4, 0.5) is 4.39 Å². The first-order chi connectivity index (χ1) is 6.68. The lowest BCUT2D eigenvalue weighted by Crippen LogP contribution is -2.25. The van der Waals surface area contributed by atoms with Crippen molar-refractivity contribution in [1.29, 1.82) is 0 Å². The second-order valence-electron chi connectivity index (χ2n) is 4.32. The Bertz CT molecular complexity index is 298. The smallest absolute Gasteiger partial charge is 0.116 e. The van der Waals surface area contributed by atoms with Crippen LogP contribution in [0.3, 0.4) is 0 Å². The van der Waals surface area contributed by atoms with Gasteiger partial charge in [0, 0.05) is 12.5 Å². The molecule has 2 rings (SSSR count).